The van der Waals surface area contributed by atoms with Gasteiger partial charge < -0.3 is 15.2 Å². The second kappa shape index (κ2) is 6.90. The molecule has 0 aliphatic heterocycles. The van der Waals surface area contributed by atoms with E-state index in [1.807, 2.05) is 24.3 Å². The molecular weight excluding hydrogens is 266 g/mol. The van der Waals surface area contributed by atoms with Crippen molar-refractivity contribution in [3.8, 4) is 11.5 Å². The number of nitrogens with two attached hydrogens (primary N) is 1. The molecule has 0 bridgehead atoms. The lowest BCUT2D eigenvalue weighted by Gasteiger charge is -2.12. The fourth-order valence-electron chi connectivity index (χ4n) is 2.25. The van der Waals surface area contributed by atoms with Gasteiger partial charge >= 0.3 is 0 Å². The maximum Gasteiger partial charge on any atom is 0.197 e. The van der Waals surface area contributed by atoms with E-state index in [1.165, 1.54) is 7.11 Å². The molecular formula is C17H19NO3. The van der Waals surface area contributed by atoms with Gasteiger partial charge in [-0.2, -0.15) is 0 Å². The van der Waals surface area contributed by atoms with Gasteiger partial charge in [0.1, 0.15) is 11.5 Å². The quantitative estimate of drug-likeness (QED) is 0.828. The summed E-state index contributed by atoms with van der Waals surface area (Å²) in [5, 5.41) is 0. The van der Waals surface area contributed by atoms with Crippen molar-refractivity contribution >= 4 is 5.78 Å². The Morgan fingerprint density at radius 3 is 2.48 bits per heavy atom. The molecule has 0 aliphatic carbocycles. The van der Waals surface area contributed by atoms with Crippen molar-refractivity contribution in [2.45, 2.75) is 6.42 Å². The van der Waals surface area contributed by atoms with Gasteiger partial charge in [-0.1, -0.05) is 24.3 Å². The summed E-state index contributed by atoms with van der Waals surface area (Å²) in [6.07, 6.45) is 0.667. The standard InChI is InChI=1S/C17H19NO3/c1-20-13-7-8-15(16(11-13)21-2)17(19)14-6-4-3-5-12(14)9-10-18/h3-8,11H,9-10,18H2,1-2H3. The van der Waals surface area contributed by atoms with Gasteiger partial charge in [-0.25, -0.2) is 0 Å². The lowest BCUT2D eigenvalue weighted by atomic mass is 9.96. The van der Waals surface area contributed by atoms with Crippen molar-refractivity contribution in [1.82, 2.24) is 0 Å². The minimum absolute atomic E-state index is 0.0708. The van der Waals surface area contributed by atoms with Gasteiger partial charge in [0.2, 0.25) is 0 Å². The van der Waals surface area contributed by atoms with Crippen molar-refractivity contribution in [3.63, 3.8) is 0 Å². The van der Waals surface area contributed by atoms with Crippen LogP contribution in [0.2, 0.25) is 0 Å². The van der Waals surface area contributed by atoms with Crippen LogP contribution < -0.4 is 15.2 Å². The summed E-state index contributed by atoms with van der Waals surface area (Å²) in [6, 6.07) is 12.7. The molecule has 4 heteroatoms. The van der Waals surface area contributed by atoms with E-state index in [0.29, 0.717) is 35.6 Å². The van der Waals surface area contributed by atoms with Gasteiger partial charge in [0, 0.05) is 11.6 Å². The van der Waals surface area contributed by atoms with E-state index in [2.05, 4.69) is 0 Å². The molecule has 0 aliphatic rings. The van der Waals surface area contributed by atoms with Crippen molar-refractivity contribution in [1.29, 1.82) is 0 Å². The molecule has 0 fully saturated rings. The molecule has 21 heavy (non-hydrogen) atoms. The van der Waals surface area contributed by atoms with Crippen molar-refractivity contribution in [2.75, 3.05) is 20.8 Å². The molecule has 0 atom stereocenters. The summed E-state index contributed by atoms with van der Waals surface area (Å²) in [7, 11) is 3.12. The largest absolute Gasteiger partial charge is 0.497 e. The highest BCUT2D eigenvalue weighted by atomic mass is 16.5. The first-order valence-electron chi connectivity index (χ1n) is 6.76. The molecule has 110 valence electrons. The first-order valence-corrected chi connectivity index (χ1v) is 6.76. The molecule has 4 nitrogen and oxygen atoms in total. The van der Waals surface area contributed by atoms with E-state index in [9.17, 15) is 4.79 Å². The van der Waals surface area contributed by atoms with Crippen LogP contribution in [0.25, 0.3) is 0 Å². The van der Waals surface area contributed by atoms with Crippen molar-refractivity contribution < 1.29 is 14.3 Å². The van der Waals surface area contributed by atoms with Crippen molar-refractivity contribution in [3.05, 3.63) is 59.2 Å². The van der Waals surface area contributed by atoms with Crippen LogP contribution in [0.4, 0.5) is 0 Å². The molecule has 0 heterocycles. The number of methoxy groups -OCH3 is 2. The molecule has 2 N–H and O–H groups in total. The maximum atomic E-state index is 12.8. The van der Waals surface area contributed by atoms with Crippen LogP contribution in [-0.4, -0.2) is 26.5 Å². The van der Waals surface area contributed by atoms with Gasteiger partial charge in [-0.3, -0.25) is 4.79 Å². The highest BCUT2D eigenvalue weighted by Crippen LogP contribution is 2.27. The van der Waals surface area contributed by atoms with E-state index in [-0.39, 0.29) is 5.78 Å². The molecule has 2 aromatic rings. The first-order chi connectivity index (χ1) is 10.2. The Balaban J connectivity index is 2.45. The lowest BCUT2D eigenvalue weighted by Crippen LogP contribution is -2.10. The third-order valence-corrected chi connectivity index (χ3v) is 3.33. The Morgan fingerprint density at radius 1 is 1.05 bits per heavy atom. The lowest BCUT2D eigenvalue weighted by molar-refractivity contribution is 0.103. The molecule has 0 radical (unpaired) electrons. The predicted molar refractivity (Wildman–Crippen MR) is 82.2 cm³/mol. The molecule has 0 saturated heterocycles. The molecule has 2 aromatic carbocycles. The zero-order chi connectivity index (χ0) is 15.2. The SMILES string of the molecule is COc1ccc(C(=O)c2ccccc2CCN)c(OC)c1. The number of ketones is 1. The van der Waals surface area contributed by atoms with Crippen LogP contribution in [0, 0.1) is 0 Å². The molecule has 0 saturated carbocycles. The Hall–Kier alpha value is -2.33. The van der Waals surface area contributed by atoms with Crippen molar-refractivity contribution in [2.24, 2.45) is 5.73 Å². The van der Waals surface area contributed by atoms with E-state index in [0.717, 1.165) is 5.56 Å². The van der Waals surface area contributed by atoms with Gasteiger partial charge in [0.05, 0.1) is 19.8 Å². The second-order valence-corrected chi connectivity index (χ2v) is 4.59. The fourth-order valence-corrected chi connectivity index (χ4v) is 2.25. The molecule has 0 amide bonds. The minimum atomic E-state index is -0.0708. The number of carbonyl (C=O) groups excluding carboxylic acids is 1. The van der Waals surface area contributed by atoms with Crippen LogP contribution >= 0.6 is 0 Å². The van der Waals surface area contributed by atoms with E-state index in [1.54, 1.807) is 25.3 Å². The Bertz CT molecular complexity index is 638. The number of carbonyl (C=O) groups is 1. The summed E-state index contributed by atoms with van der Waals surface area (Å²) in [4.78, 5) is 12.8. The van der Waals surface area contributed by atoms with E-state index >= 15 is 0 Å². The first kappa shape index (κ1) is 15.1. The highest BCUT2D eigenvalue weighted by Gasteiger charge is 2.17. The van der Waals surface area contributed by atoms with Crippen LogP contribution in [0.15, 0.2) is 42.5 Å². The normalized spacial score (nSPS) is 10.2. The zero-order valence-electron chi connectivity index (χ0n) is 12.3. The highest BCUT2D eigenvalue weighted by molar-refractivity contribution is 6.11. The Kier molecular flexibility index (Phi) is 4.95. The summed E-state index contributed by atoms with van der Waals surface area (Å²) >= 11 is 0. The average Bonchev–Trinajstić information content (AvgIpc) is 2.54. The van der Waals surface area contributed by atoms with E-state index < -0.39 is 0 Å². The summed E-state index contributed by atoms with van der Waals surface area (Å²) < 4.78 is 10.5. The van der Waals surface area contributed by atoms with Crippen LogP contribution in [0.1, 0.15) is 21.5 Å². The Labute approximate surface area is 124 Å². The fraction of sp³-hybridized carbons (Fsp3) is 0.235. The third kappa shape index (κ3) is 3.23. The topological polar surface area (TPSA) is 61.5 Å². The summed E-state index contributed by atoms with van der Waals surface area (Å²) in [5.74, 6) is 1.08. The molecule has 0 unspecified atom stereocenters. The van der Waals surface area contributed by atoms with E-state index in [4.69, 9.17) is 15.2 Å². The van der Waals surface area contributed by atoms with Gasteiger partial charge in [0.25, 0.3) is 0 Å². The van der Waals surface area contributed by atoms with Crippen LogP contribution in [0.5, 0.6) is 11.5 Å². The molecule has 0 aromatic heterocycles. The summed E-state index contributed by atoms with van der Waals surface area (Å²) in [5.41, 5.74) is 7.73. The predicted octanol–water partition coefficient (Wildman–Crippen LogP) is 2.44. The van der Waals surface area contributed by atoms with Gasteiger partial charge in [-0.15, -0.1) is 0 Å². The molecule has 0 spiro atoms. The summed E-state index contributed by atoms with van der Waals surface area (Å²) in [6.45, 7) is 0.504. The number of benzene rings is 2. The number of ether oxygens (including phenoxy) is 2. The van der Waals surface area contributed by atoms with Gasteiger partial charge in [-0.05, 0) is 30.7 Å². The maximum absolute atomic E-state index is 12.8. The third-order valence-electron chi connectivity index (χ3n) is 3.33. The monoisotopic (exact) mass is 285 g/mol. The van der Waals surface area contributed by atoms with Gasteiger partial charge in [0.15, 0.2) is 5.78 Å². The van der Waals surface area contributed by atoms with Crippen LogP contribution in [-0.2, 0) is 6.42 Å². The smallest absolute Gasteiger partial charge is 0.197 e. The Morgan fingerprint density at radius 2 is 1.81 bits per heavy atom. The minimum Gasteiger partial charge on any atom is -0.497 e. The van der Waals surface area contributed by atoms with Crippen LogP contribution in [0.3, 0.4) is 0 Å². The zero-order valence-corrected chi connectivity index (χ0v) is 12.3. The second-order valence-electron chi connectivity index (χ2n) is 4.59. The number of hydrogen-bond donors (Lipinski definition) is 1. The average molecular weight is 285 g/mol. The number of hydrogen-bond acceptors (Lipinski definition) is 4. The number of rotatable bonds is 6. The molecule has 2 rings (SSSR count).